The fourth-order valence-electron chi connectivity index (χ4n) is 6.86. The van der Waals surface area contributed by atoms with Gasteiger partial charge in [0.15, 0.2) is 0 Å². The van der Waals surface area contributed by atoms with E-state index < -0.39 is 0 Å². The molecular weight excluding hydrogens is 462 g/mol. The van der Waals surface area contributed by atoms with Gasteiger partial charge in [0.1, 0.15) is 0 Å². The largest absolute Gasteiger partial charge is 0.356 e. The first-order valence-electron chi connectivity index (χ1n) is 13.2. The summed E-state index contributed by atoms with van der Waals surface area (Å²) in [5.41, 5.74) is 5.13. The number of likely N-dealkylation sites (N-methyl/N-ethyl adjacent to an activating group) is 1. The van der Waals surface area contributed by atoms with E-state index in [2.05, 4.69) is 94.9 Å². The van der Waals surface area contributed by atoms with Crippen molar-refractivity contribution < 1.29 is 4.79 Å². The summed E-state index contributed by atoms with van der Waals surface area (Å²) in [6, 6.07) is 23.7. The molecule has 0 bridgehead atoms. The van der Waals surface area contributed by atoms with Gasteiger partial charge in [-0.2, -0.15) is 0 Å². The van der Waals surface area contributed by atoms with Gasteiger partial charge in [-0.3, -0.25) is 4.79 Å². The number of hydrogen-bond donors (Lipinski definition) is 1. The lowest BCUT2D eigenvalue weighted by Crippen LogP contribution is -2.60. The molecule has 1 aliphatic heterocycles. The molecule has 2 aromatic heterocycles. The summed E-state index contributed by atoms with van der Waals surface area (Å²) in [5, 5.41) is 3.39. The van der Waals surface area contributed by atoms with Crippen LogP contribution in [0.3, 0.4) is 0 Å². The quantitative estimate of drug-likeness (QED) is 0.358. The molecule has 1 spiro atoms. The number of hydrogen-bond acceptors (Lipinski definition) is 3. The van der Waals surface area contributed by atoms with E-state index in [1.165, 1.54) is 27.7 Å². The SMILES string of the molecule is CN(C)C1(Cc2ccccc2)CCC2(CC1)c1[nH]c3ccccc3c1CCN2C(=O)Cc1cccs1. The summed E-state index contributed by atoms with van der Waals surface area (Å²) in [5.74, 6) is 0.266. The first-order chi connectivity index (χ1) is 17.5. The highest BCUT2D eigenvalue weighted by Gasteiger charge is 2.52. The smallest absolute Gasteiger partial charge is 0.228 e. The molecule has 0 unspecified atom stereocenters. The average Bonchev–Trinajstić information content (AvgIpc) is 3.54. The van der Waals surface area contributed by atoms with Gasteiger partial charge in [-0.25, -0.2) is 0 Å². The number of carbonyl (C=O) groups excluding carboxylic acids is 1. The first kappa shape index (κ1) is 23.5. The van der Waals surface area contributed by atoms with E-state index >= 15 is 0 Å². The molecule has 1 aliphatic carbocycles. The molecule has 2 aliphatic rings. The Bertz CT molecular complexity index is 1350. The van der Waals surface area contributed by atoms with E-state index in [1.54, 1.807) is 11.3 Å². The number of thiophene rings is 1. The van der Waals surface area contributed by atoms with Crippen molar-refractivity contribution in [1.29, 1.82) is 0 Å². The van der Waals surface area contributed by atoms with Gasteiger partial charge < -0.3 is 14.8 Å². The number of para-hydroxylation sites is 1. The minimum atomic E-state index is -0.267. The maximum Gasteiger partial charge on any atom is 0.228 e. The number of carbonyl (C=O) groups is 1. The molecule has 0 saturated heterocycles. The number of nitrogens with zero attached hydrogens (tertiary/aromatic N) is 2. The molecule has 5 heteroatoms. The van der Waals surface area contributed by atoms with Crippen LogP contribution in [-0.4, -0.2) is 46.9 Å². The normalized spacial score (nSPS) is 23.9. The predicted molar refractivity (Wildman–Crippen MR) is 148 cm³/mol. The number of nitrogens with one attached hydrogen (secondary N) is 1. The zero-order valence-electron chi connectivity index (χ0n) is 21.3. The molecule has 1 fully saturated rings. The Balaban J connectivity index is 1.38. The summed E-state index contributed by atoms with van der Waals surface area (Å²) in [6.07, 6.45) is 6.54. The Labute approximate surface area is 217 Å². The van der Waals surface area contributed by atoms with Gasteiger partial charge in [0, 0.05) is 33.6 Å². The number of amides is 1. The van der Waals surface area contributed by atoms with Crippen LogP contribution in [0.2, 0.25) is 0 Å². The van der Waals surface area contributed by atoms with Crippen molar-refractivity contribution in [2.24, 2.45) is 0 Å². The van der Waals surface area contributed by atoms with Gasteiger partial charge in [0.05, 0.1) is 12.0 Å². The molecule has 36 heavy (non-hydrogen) atoms. The molecular formula is C31H35N3OS. The van der Waals surface area contributed by atoms with E-state index in [1.807, 2.05) is 6.07 Å². The average molecular weight is 498 g/mol. The maximum absolute atomic E-state index is 13.9. The van der Waals surface area contributed by atoms with Crippen LogP contribution in [0, 0.1) is 0 Å². The lowest BCUT2D eigenvalue weighted by atomic mass is 9.65. The lowest BCUT2D eigenvalue weighted by Gasteiger charge is -2.55. The molecule has 2 aromatic carbocycles. The summed E-state index contributed by atoms with van der Waals surface area (Å²) in [7, 11) is 4.46. The topological polar surface area (TPSA) is 39.3 Å². The third-order valence-corrected chi connectivity index (χ3v) is 9.80. The molecule has 1 amide bonds. The van der Waals surface area contributed by atoms with E-state index in [0.29, 0.717) is 6.42 Å². The van der Waals surface area contributed by atoms with Crippen molar-refractivity contribution in [1.82, 2.24) is 14.8 Å². The fourth-order valence-corrected chi connectivity index (χ4v) is 7.55. The van der Waals surface area contributed by atoms with Gasteiger partial charge in [0.2, 0.25) is 5.91 Å². The van der Waals surface area contributed by atoms with Crippen LogP contribution in [0.15, 0.2) is 72.1 Å². The zero-order valence-corrected chi connectivity index (χ0v) is 22.1. The summed E-state index contributed by atoms with van der Waals surface area (Å²) in [6.45, 7) is 0.798. The lowest BCUT2D eigenvalue weighted by molar-refractivity contribution is -0.142. The summed E-state index contributed by atoms with van der Waals surface area (Å²) >= 11 is 1.68. The van der Waals surface area contributed by atoms with E-state index in [-0.39, 0.29) is 17.0 Å². The van der Waals surface area contributed by atoms with Crippen LogP contribution in [0.5, 0.6) is 0 Å². The number of H-pyrrole nitrogens is 1. The Morgan fingerprint density at radius 1 is 0.972 bits per heavy atom. The third-order valence-electron chi connectivity index (χ3n) is 8.92. The van der Waals surface area contributed by atoms with Crippen LogP contribution in [-0.2, 0) is 29.6 Å². The van der Waals surface area contributed by atoms with Gasteiger partial charge >= 0.3 is 0 Å². The van der Waals surface area contributed by atoms with Crippen molar-refractivity contribution in [3.8, 4) is 0 Å². The summed E-state index contributed by atoms with van der Waals surface area (Å²) < 4.78 is 0. The van der Waals surface area contributed by atoms with E-state index in [9.17, 15) is 4.79 Å². The van der Waals surface area contributed by atoms with Crippen LogP contribution in [0.4, 0.5) is 0 Å². The van der Waals surface area contributed by atoms with Crippen LogP contribution < -0.4 is 0 Å². The Morgan fingerprint density at radius 3 is 2.44 bits per heavy atom. The van der Waals surface area contributed by atoms with Crippen molar-refractivity contribution in [2.45, 2.75) is 56.0 Å². The molecule has 4 aromatic rings. The van der Waals surface area contributed by atoms with Gasteiger partial charge in [0.25, 0.3) is 0 Å². The predicted octanol–water partition coefficient (Wildman–Crippen LogP) is 6.17. The zero-order chi connectivity index (χ0) is 24.8. The molecule has 1 saturated carbocycles. The second-order valence-electron chi connectivity index (χ2n) is 10.9. The third kappa shape index (κ3) is 3.89. The number of aromatic amines is 1. The van der Waals surface area contributed by atoms with Crippen LogP contribution in [0.1, 0.15) is 47.4 Å². The van der Waals surface area contributed by atoms with Crippen molar-refractivity contribution >= 4 is 28.1 Å². The molecule has 6 rings (SSSR count). The maximum atomic E-state index is 13.9. The standard InChI is InChI=1S/C31H35N3OS/c1-33(2)30(22-23-9-4-3-5-10-23)15-17-31(18-16-30)29-26(25-12-6-7-13-27(25)32-29)14-19-34(31)28(35)21-24-11-8-20-36-24/h3-13,20,32H,14-19,21-22H2,1-2H3. The second kappa shape index (κ2) is 9.20. The highest BCUT2D eigenvalue weighted by atomic mass is 32.1. The monoisotopic (exact) mass is 497 g/mol. The number of aromatic nitrogens is 1. The molecule has 186 valence electrons. The Hall–Kier alpha value is -2.89. The van der Waals surface area contributed by atoms with Crippen LogP contribution in [0.25, 0.3) is 10.9 Å². The van der Waals surface area contributed by atoms with Gasteiger partial charge in [-0.1, -0.05) is 54.6 Å². The fraction of sp³-hybridized carbons (Fsp3) is 0.387. The van der Waals surface area contributed by atoms with Crippen molar-refractivity contribution in [2.75, 3.05) is 20.6 Å². The molecule has 4 nitrogen and oxygen atoms in total. The Kier molecular flexibility index (Phi) is 6.01. The van der Waals surface area contributed by atoms with Crippen molar-refractivity contribution in [3.63, 3.8) is 0 Å². The summed E-state index contributed by atoms with van der Waals surface area (Å²) in [4.78, 5) is 23.5. The van der Waals surface area contributed by atoms with Crippen molar-refractivity contribution in [3.05, 3.63) is 93.8 Å². The minimum Gasteiger partial charge on any atom is -0.356 e. The second-order valence-corrected chi connectivity index (χ2v) is 11.9. The molecule has 1 N–H and O–H groups in total. The number of rotatable bonds is 5. The first-order valence-corrected chi connectivity index (χ1v) is 14.0. The number of fused-ring (bicyclic) bond motifs is 4. The highest BCUT2D eigenvalue weighted by Crippen LogP contribution is 2.51. The highest BCUT2D eigenvalue weighted by molar-refractivity contribution is 7.10. The van der Waals surface area contributed by atoms with Gasteiger partial charge in [-0.05, 0) is 81.3 Å². The van der Waals surface area contributed by atoms with E-state index in [4.69, 9.17) is 0 Å². The minimum absolute atomic E-state index is 0.0959. The molecule has 0 atom stereocenters. The Morgan fingerprint density at radius 2 is 1.72 bits per heavy atom. The van der Waals surface area contributed by atoms with Gasteiger partial charge in [-0.15, -0.1) is 11.3 Å². The molecule has 0 radical (unpaired) electrons. The van der Waals surface area contributed by atoms with E-state index in [0.717, 1.165) is 49.9 Å². The number of benzene rings is 2. The van der Waals surface area contributed by atoms with Crippen LogP contribution >= 0.6 is 11.3 Å². The molecule has 3 heterocycles.